The average molecular weight is 319 g/mol. The van der Waals surface area contributed by atoms with E-state index in [-0.39, 0.29) is 11.7 Å². The zero-order chi connectivity index (χ0) is 16.4. The predicted molar refractivity (Wildman–Crippen MR) is 78.9 cm³/mol. The van der Waals surface area contributed by atoms with E-state index in [2.05, 4.69) is 15.5 Å². The number of aryl methyl sites for hydroxylation is 1. The summed E-state index contributed by atoms with van der Waals surface area (Å²) in [5.41, 5.74) is 0.819. The van der Waals surface area contributed by atoms with Crippen LogP contribution in [0.4, 0.5) is 4.39 Å². The number of carbonyl (C=O) groups excluding carboxylic acids is 1. The topological polar surface area (TPSA) is 84.1 Å². The van der Waals surface area contributed by atoms with Gasteiger partial charge in [0.15, 0.2) is 0 Å². The standard InChI is InChI=1S/C15H18FN5O2/c1-10-17-18-19-21(10)14(8-11-2-4-12(16)5-3-11)15(23)20-7-6-13(22)9-20/h2-5,13-14,22H,6-9H2,1H3/t13-,14?/m1/s1. The van der Waals surface area contributed by atoms with Crippen LogP contribution in [0.1, 0.15) is 23.9 Å². The van der Waals surface area contributed by atoms with Crippen LogP contribution in [0.2, 0.25) is 0 Å². The lowest BCUT2D eigenvalue weighted by Crippen LogP contribution is -2.38. The molecule has 1 unspecified atom stereocenters. The van der Waals surface area contributed by atoms with Crippen molar-refractivity contribution in [2.75, 3.05) is 13.1 Å². The molecule has 2 heterocycles. The molecule has 0 bridgehead atoms. The van der Waals surface area contributed by atoms with Crippen molar-refractivity contribution in [3.63, 3.8) is 0 Å². The van der Waals surface area contributed by atoms with E-state index in [9.17, 15) is 14.3 Å². The number of aliphatic hydroxyl groups is 1. The Kier molecular flexibility index (Phi) is 4.33. The molecule has 1 amide bonds. The number of aromatic nitrogens is 4. The fraction of sp³-hybridized carbons (Fsp3) is 0.467. The van der Waals surface area contributed by atoms with Crippen molar-refractivity contribution in [2.24, 2.45) is 0 Å². The predicted octanol–water partition coefficient (Wildman–Crippen LogP) is 0.498. The molecule has 7 nitrogen and oxygen atoms in total. The van der Waals surface area contributed by atoms with Crippen LogP contribution in [-0.2, 0) is 11.2 Å². The Balaban J connectivity index is 1.86. The van der Waals surface area contributed by atoms with Crippen molar-refractivity contribution in [3.05, 3.63) is 41.5 Å². The van der Waals surface area contributed by atoms with E-state index in [0.717, 1.165) is 5.56 Å². The molecule has 1 aliphatic rings. The average Bonchev–Trinajstić information content (AvgIpc) is 3.15. The molecule has 3 rings (SSSR count). The van der Waals surface area contributed by atoms with Crippen LogP contribution in [0.5, 0.6) is 0 Å². The van der Waals surface area contributed by atoms with Crippen LogP contribution in [0.25, 0.3) is 0 Å². The number of likely N-dealkylation sites (tertiary alicyclic amines) is 1. The van der Waals surface area contributed by atoms with Gasteiger partial charge in [-0.3, -0.25) is 4.79 Å². The van der Waals surface area contributed by atoms with Crippen LogP contribution in [0.3, 0.4) is 0 Å². The van der Waals surface area contributed by atoms with E-state index in [4.69, 9.17) is 0 Å². The number of tetrazole rings is 1. The molecule has 8 heteroatoms. The monoisotopic (exact) mass is 319 g/mol. The second-order valence-electron chi connectivity index (χ2n) is 5.74. The van der Waals surface area contributed by atoms with E-state index >= 15 is 0 Å². The van der Waals surface area contributed by atoms with E-state index in [1.807, 2.05) is 0 Å². The maximum absolute atomic E-state index is 13.1. The summed E-state index contributed by atoms with van der Waals surface area (Å²) in [6.45, 7) is 2.56. The maximum atomic E-state index is 13.1. The highest BCUT2D eigenvalue weighted by molar-refractivity contribution is 5.81. The second-order valence-corrected chi connectivity index (χ2v) is 5.74. The van der Waals surface area contributed by atoms with Gasteiger partial charge in [0.2, 0.25) is 5.91 Å². The SMILES string of the molecule is Cc1nnnn1C(Cc1ccc(F)cc1)C(=O)N1CC[C@@H](O)C1. The Hall–Kier alpha value is -2.35. The van der Waals surface area contributed by atoms with Gasteiger partial charge < -0.3 is 10.0 Å². The summed E-state index contributed by atoms with van der Waals surface area (Å²) in [5, 5.41) is 21.0. The van der Waals surface area contributed by atoms with Crippen molar-refractivity contribution in [2.45, 2.75) is 31.9 Å². The van der Waals surface area contributed by atoms with Crippen molar-refractivity contribution in [1.82, 2.24) is 25.1 Å². The third kappa shape index (κ3) is 3.37. The molecule has 0 radical (unpaired) electrons. The summed E-state index contributed by atoms with van der Waals surface area (Å²) in [4.78, 5) is 14.5. The Labute approximate surface area is 132 Å². The van der Waals surface area contributed by atoms with Gasteiger partial charge in [0, 0.05) is 19.5 Å². The fourth-order valence-electron chi connectivity index (χ4n) is 2.80. The Morgan fingerprint density at radius 3 is 2.74 bits per heavy atom. The van der Waals surface area contributed by atoms with Crippen LogP contribution in [0, 0.1) is 12.7 Å². The van der Waals surface area contributed by atoms with Gasteiger partial charge in [-0.05, 0) is 41.5 Å². The second kappa shape index (κ2) is 6.41. The van der Waals surface area contributed by atoms with Gasteiger partial charge in [0.25, 0.3) is 0 Å². The first kappa shape index (κ1) is 15.5. The first-order valence-electron chi connectivity index (χ1n) is 7.50. The molecule has 0 spiro atoms. The first-order chi connectivity index (χ1) is 11.0. The maximum Gasteiger partial charge on any atom is 0.248 e. The molecular weight excluding hydrogens is 301 g/mol. The molecule has 1 aliphatic heterocycles. The molecule has 1 saturated heterocycles. The minimum absolute atomic E-state index is 0.138. The minimum atomic E-state index is -0.610. The number of aliphatic hydroxyl groups excluding tert-OH is 1. The Morgan fingerprint density at radius 1 is 1.43 bits per heavy atom. The molecule has 23 heavy (non-hydrogen) atoms. The van der Waals surface area contributed by atoms with Gasteiger partial charge in [0.05, 0.1) is 6.10 Å². The van der Waals surface area contributed by atoms with Crippen molar-refractivity contribution in [3.8, 4) is 0 Å². The molecule has 1 aromatic carbocycles. The smallest absolute Gasteiger partial charge is 0.248 e. The highest BCUT2D eigenvalue weighted by atomic mass is 19.1. The number of hydrogen-bond acceptors (Lipinski definition) is 5. The number of hydrogen-bond donors (Lipinski definition) is 1. The molecule has 1 fully saturated rings. The van der Waals surface area contributed by atoms with E-state index in [1.54, 1.807) is 24.0 Å². The number of β-amino-alcohol motifs (C(OH)–C–C–N with tert-alkyl or cyclic N) is 1. The van der Waals surface area contributed by atoms with Gasteiger partial charge in [-0.15, -0.1) is 5.10 Å². The third-order valence-corrected chi connectivity index (χ3v) is 4.05. The van der Waals surface area contributed by atoms with Crippen molar-refractivity contribution >= 4 is 5.91 Å². The molecule has 2 atom stereocenters. The zero-order valence-electron chi connectivity index (χ0n) is 12.8. The summed E-state index contributed by atoms with van der Waals surface area (Å²) >= 11 is 0. The minimum Gasteiger partial charge on any atom is -0.391 e. The van der Waals surface area contributed by atoms with Gasteiger partial charge in [-0.1, -0.05) is 12.1 Å². The van der Waals surface area contributed by atoms with E-state index in [0.29, 0.717) is 31.8 Å². The summed E-state index contributed by atoms with van der Waals surface area (Å²) in [7, 11) is 0. The van der Waals surface area contributed by atoms with Crippen LogP contribution in [-0.4, -0.2) is 55.3 Å². The number of carbonyl (C=O) groups is 1. The fourth-order valence-corrected chi connectivity index (χ4v) is 2.80. The molecule has 0 saturated carbocycles. The van der Waals surface area contributed by atoms with Crippen molar-refractivity contribution < 1.29 is 14.3 Å². The number of rotatable bonds is 4. The highest BCUT2D eigenvalue weighted by Gasteiger charge is 2.32. The van der Waals surface area contributed by atoms with Gasteiger partial charge in [-0.25, -0.2) is 9.07 Å². The summed E-state index contributed by atoms with van der Waals surface area (Å²) in [5.74, 6) is 0.0735. The number of halogens is 1. The molecular formula is C15H18FN5O2. The van der Waals surface area contributed by atoms with Crippen LogP contribution >= 0.6 is 0 Å². The summed E-state index contributed by atoms with van der Waals surface area (Å²) in [6.07, 6.45) is 0.446. The lowest BCUT2D eigenvalue weighted by Gasteiger charge is -2.23. The molecule has 0 aliphatic carbocycles. The lowest BCUT2D eigenvalue weighted by molar-refractivity contribution is -0.134. The molecule has 122 valence electrons. The number of nitrogens with zero attached hydrogens (tertiary/aromatic N) is 5. The van der Waals surface area contributed by atoms with Crippen LogP contribution in [0.15, 0.2) is 24.3 Å². The molecule has 1 N–H and O–H groups in total. The quantitative estimate of drug-likeness (QED) is 0.887. The largest absolute Gasteiger partial charge is 0.391 e. The van der Waals surface area contributed by atoms with Gasteiger partial charge in [0.1, 0.15) is 17.7 Å². The Morgan fingerprint density at radius 2 is 2.17 bits per heavy atom. The molecule has 2 aromatic rings. The van der Waals surface area contributed by atoms with E-state index in [1.165, 1.54) is 16.8 Å². The van der Waals surface area contributed by atoms with Crippen LogP contribution < -0.4 is 0 Å². The summed E-state index contributed by atoms with van der Waals surface area (Å²) < 4.78 is 14.6. The van der Waals surface area contributed by atoms with Gasteiger partial charge in [-0.2, -0.15) is 0 Å². The third-order valence-electron chi connectivity index (χ3n) is 4.05. The highest BCUT2D eigenvalue weighted by Crippen LogP contribution is 2.21. The van der Waals surface area contributed by atoms with Crippen molar-refractivity contribution in [1.29, 1.82) is 0 Å². The zero-order valence-corrected chi connectivity index (χ0v) is 12.8. The number of benzene rings is 1. The van der Waals surface area contributed by atoms with E-state index < -0.39 is 12.1 Å². The Bertz CT molecular complexity index is 687. The summed E-state index contributed by atoms with van der Waals surface area (Å²) in [6, 6.07) is 5.41. The normalized spacial score (nSPS) is 19.1. The number of amides is 1. The molecule has 1 aromatic heterocycles. The van der Waals surface area contributed by atoms with Gasteiger partial charge >= 0.3 is 0 Å². The first-order valence-corrected chi connectivity index (χ1v) is 7.50. The lowest BCUT2D eigenvalue weighted by atomic mass is 10.0.